The van der Waals surface area contributed by atoms with Crippen LogP contribution in [0.3, 0.4) is 0 Å². The van der Waals surface area contributed by atoms with Crippen LogP contribution in [0, 0.1) is 0 Å². The smallest absolute Gasteiger partial charge is 0.231 e. The van der Waals surface area contributed by atoms with E-state index in [-0.39, 0.29) is 5.75 Å². The summed E-state index contributed by atoms with van der Waals surface area (Å²) >= 11 is 5.92. The fourth-order valence-electron chi connectivity index (χ4n) is 3.81. The summed E-state index contributed by atoms with van der Waals surface area (Å²) < 4.78 is 22.9. The predicted molar refractivity (Wildman–Crippen MR) is 130 cm³/mol. The van der Waals surface area contributed by atoms with Gasteiger partial charge in [-0.2, -0.15) is 0 Å². The van der Waals surface area contributed by atoms with Crippen molar-refractivity contribution in [3.63, 3.8) is 0 Å². The molecule has 34 heavy (non-hydrogen) atoms. The average molecular weight is 481 g/mol. The highest BCUT2D eigenvalue weighted by molar-refractivity contribution is 6.30. The van der Waals surface area contributed by atoms with Gasteiger partial charge in [-0.05, 0) is 55.0 Å². The van der Waals surface area contributed by atoms with E-state index in [4.69, 9.17) is 30.2 Å². The van der Waals surface area contributed by atoms with Crippen molar-refractivity contribution in [3.05, 3.63) is 65.7 Å². The van der Waals surface area contributed by atoms with Crippen LogP contribution in [0.2, 0.25) is 5.02 Å². The van der Waals surface area contributed by atoms with E-state index in [1.165, 1.54) is 0 Å². The summed E-state index contributed by atoms with van der Waals surface area (Å²) in [7, 11) is 0. The summed E-state index contributed by atoms with van der Waals surface area (Å²) in [5.41, 5.74) is 1.72. The van der Waals surface area contributed by atoms with E-state index < -0.39 is 0 Å². The molecule has 4 aromatic rings. The monoisotopic (exact) mass is 480 g/mol. The molecule has 3 aromatic carbocycles. The number of phenols is 1. The number of rotatable bonds is 8. The molecule has 0 amide bonds. The normalized spacial score (nSPS) is 14.4. The first-order valence-electron chi connectivity index (χ1n) is 11.2. The molecule has 0 unspecified atom stereocenters. The van der Waals surface area contributed by atoms with Crippen molar-refractivity contribution < 1.29 is 23.7 Å². The molecular weight excluding hydrogens is 456 g/mol. The molecule has 5 rings (SSSR count). The molecule has 7 nitrogen and oxygen atoms in total. The molecule has 0 bridgehead atoms. The number of aromatic nitrogens is 1. The summed E-state index contributed by atoms with van der Waals surface area (Å²) in [6, 6.07) is 17.7. The Kier molecular flexibility index (Phi) is 6.85. The summed E-state index contributed by atoms with van der Waals surface area (Å²) in [5.74, 6) is 2.27. The van der Waals surface area contributed by atoms with Crippen LogP contribution in [-0.2, 0) is 4.74 Å². The van der Waals surface area contributed by atoms with Gasteiger partial charge in [0.15, 0.2) is 5.58 Å². The molecule has 1 saturated heterocycles. The van der Waals surface area contributed by atoms with Gasteiger partial charge in [-0.1, -0.05) is 11.6 Å². The Hall–Kier alpha value is -3.26. The number of nitrogens with zero attached hydrogens (tertiary/aromatic N) is 2. The first-order chi connectivity index (χ1) is 16.6. The number of aromatic hydroxyl groups is 1. The number of oxazole rings is 1. The van der Waals surface area contributed by atoms with Crippen LogP contribution >= 0.6 is 11.6 Å². The maximum Gasteiger partial charge on any atom is 0.231 e. The largest absolute Gasteiger partial charge is 0.507 e. The Labute approximate surface area is 202 Å². The lowest BCUT2D eigenvalue weighted by Crippen LogP contribution is -2.37. The Balaban J connectivity index is 1.23. The third-order valence-electron chi connectivity index (χ3n) is 5.60. The van der Waals surface area contributed by atoms with E-state index in [0.717, 1.165) is 39.3 Å². The van der Waals surface area contributed by atoms with Gasteiger partial charge in [-0.15, -0.1) is 0 Å². The number of hydrogen-bond donors (Lipinski definition) is 1. The Morgan fingerprint density at radius 1 is 0.941 bits per heavy atom. The number of fused-ring (bicyclic) bond motifs is 1. The van der Waals surface area contributed by atoms with Crippen LogP contribution in [0.5, 0.6) is 23.0 Å². The van der Waals surface area contributed by atoms with Crippen molar-refractivity contribution >= 4 is 22.7 Å². The van der Waals surface area contributed by atoms with E-state index in [2.05, 4.69) is 9.88 Å². The number of morpholine rings is 1. The molecule has 0 saturated carbocycles. The van der Waals surface area contributed by atoms with Crippen LogP contribution in [0.4, 0.5) is 0 Å². The third kappa shape index (κ3) is 5.44. The zero-order valence-corrected chi connectivity index (χ0v) is 19.3. The third-order valence-corrected chi connectivity index (χ3v) is 5.85. The van der Waals surface area contributed by atoms with Gasteiger partial charge in [-0.3, -0.25) is 4.90 Å². The highest BCUT2D eigenvalue weighted by atomic mass is 35.5. The minimum absolute atomic E-state index is 0.0508. The second kappa shape index (κ2) is 10.3. The average Bonchev–Trinajstić information content (AvgIpc) is 3.27. The topological polar surface area (TPSA) is 77.2 Å². The standard InChI is InChI=1S/C26H25ClN2O5/c27-18-2-4-19(5-3-18)33-21-7-9-23-25(17-21)34-26(28-23)22-8-6-20(16-24(22)30)32-13-1-10-29-11-14-31-15-12-29/h2-9,16-17,30H,1,10-15H2. The van der Waals surface area contributed by atoms with Crippen LogP contribution in [0.1, 0.15) is 6.42 Å². The first kappa shape index (κ1) is 22.5. The van der Waals surface area contributed by atoms with Gasteiger partial charge in [-0.25, -0.2) is 4.98 Å². The summed E-state index contributed by atoms with van der Waals surface area (Å²) in [6.45, 7) is 5.07. The second-order valence-corrected chi connectivity index (χ2v) is 8.48. The highest BCUT2D eigenvalue weighted by Gasteiger charge is 2.15. The van der Waals surface area contributed by atoms with Crippen LogP contribution in [-0.4, -0.2) is 54.4 Å². The number of phenolic OH excluding ortho intramolecular Hbond substituents is 1. The fourth-order valence-corrected chi connectivity index (χ4v) is 3.93. The zero-order chi connectivity index (χ0) is 23.3. The van der Waals surface area contributed by atoms with Gasteiger partial charge >= 0.3 is 0 Å². The van der Waals surface area contributed by atoms with Crippen LogP contribution in [0.15, 0.2) is 65.1 Å². The minimum atomic E-state index is 0.0508. The van der Waals surface area contributed by atoms with Crippen molar-refractivity contribution in [2.45, 2.75) is 6.42 Å². The van der Waals surface area contributed by atoms with Gasteiger partial charge in [0, 0.05) is 36.8 Å². The number of halogens is 1. The lowest BCUT2D eigenvalue weighted by atomic mass is 10.2. The number of hydrogen-bond acceptors (Lipinski definition) is 7. The SMILES string of the molecule is Oc1cc(OCCCN2CCOCC2)ccc1-c1nc2ccc(Oc3ccc(Cl)cc3)cc2o1. The summed E-state index contributed by atoms with van der Waals surface area (Å²) in [4.78, 5) is 6.87. The van der Waals surface area contributed by atoms with E-state index in [9.17, 15) is 5.11 Å². The molecule has 0 aliphatic carbocycles. The van der Waals surface area contributed by atoms with Crippen molar-refractivity contribution in [2.24, 2.45) is 0 Å². The maximum atomic E-state index is 10.6. The van der Waals surface area contributed by atoms with Crippen molar-refractivity contribution in [2.75, 3.05) is 39.5 Å². The van der Waals surface area contributed by atoms with E-state index >= 15 is 0 Å². The zero-order valence-electron chi connectivity index (χ0n) is 18.6. The van der Waals surface area contributed by atoms with Crippen molar-refractivity contribution in [3.8, 4) is 34.5 Å². The molecule has 1 aliphatic heterocycles. The lowest BCUT2D eigenvalue weighted by Gasteiger charge is -2.26. The van der Waals surface area contributed by atoms with Crippen molar-refractivity contribution in [1.82, 2.24) is 9.88 Å². The van der Waals surface area contributed by atoms with Gasteiger partial charge in [0.05, 0.1) is 25.4 Å². The summed E-state index contributed by atoms with van der Waals surface area (Å²) in [5, 5.41) is 11.2. The molecule has 0 spiro atoms. The Morgan fingerprint density at radius 2 is 1.71 bits per heavy atom. The lowest BCUT2D eigenvalue weighted by molar-refractivity contribution is 0.0358. The van der Waals surface area contributed by atoms with Gasteiger partial charge in [0.1, 0.15) is 28.5 Å². The highest BCUT2D eigenvalue weighted by Crippen LogP contribution is 2.35. The fraction of sp³-hybridized carbons (Fsp3) is 0.269. The number of benzene rings is 3. The molecule has 1 N–H and O–H groups in total. The quantitative estimate of drug-likeness (QED) is 0.322. The van der Waals surface area contributed by atoms with Crippen LogP contribution in [0.25, 0.3) is 22.6 Å². The van der Waals surface area contributed by atoms with E-state index in [1.807, 2.05) is 18.2 Å². The second-order valence-electron chi connectivity index (χ2n) is 8.04. The molecule has 0 radical (unpaired) electrons. The molecule has 1 fully saturated rings. The minimum Gasteiger partial charge on any atom is -0.507 e. The molecule has 0 atom stereocenters. The molecule has 8 heteroatoms. The Morgan fingerprint density at radius 3 is 2.50 bits per heavy atom. The van der Waals surface area contributed by atoms with E-state index in [1.54, 1.807) is 42.5 Å². The molecule has 1 aliphatic rings. The van der Waals surface area contributed by atoms with Crippen LogP contribution < -0.4 is 9.47 Å². The molecular formula is C26H25ClN2O5. The van der Waals surface area contributed by atoms with Gasteiger partial charge in [0.2, 0.25) is 5.89 Å². The van der Waals surface area contributed by atoms with Gasteiger partial charge in [0.25, 0.3) is 0 Å². The predicted octanol–water partition coefficient (Wildman–Crippen LogP) is 5.75. The maximum absolute atomic E-state index is 10.6. The van der Waals surface area contributed by atoms with E-state index in [0.29, 0.717) is 51.4 Å². The first-order valence-corrected chi connectivity index (χ1v) is 11.6. The molecule has 176 valence electrons. The van der Waals surface area contributed by atoms with Gasteiger partial charge < -0.3 is 23.7 Å². The van der Waals surface area contributed by atoms with Crippen molar-refractivity contribution in [1.29, 1.82) is 0 Å². The summed E-state index contributed by atoms with van der Waals surface area (Å²) in [6.07, 6.45) is 0.911. The molecule has 1 aromatic heterocycles. The number of ether oxygens (including phenoxy) is 3. The Bertz CT molecular complexity index is 1250. The molecule has 2 heterocycles.